The molecule has 0 aromatic heterocycles. The Morgan fingerprint density at radius 3 is 2.50 bits per heavy atom. The summed E-state index contributed by atoms with van der Waals surface area (Å²) in [7, 11) is 0. The van der Waals surface area contributed by atoms with Gasteiger partial charge in [0.2, 0.25) is 5.91 Å². The van der Waals surface area contributed by atoms with Crippen molar-refractivity contribution in [2.75, 3.05) is 26.3 Å². The highest BCUT2D eigenvalue weighted by atomic mass is 16.5. The lowest BCUT2D eigenvalue weighted by Gasteiger charge is -2.31. The molecule has 110 valence electrons. The van der Waals surface area contributed by atoms with Crippen LogP contribution in [0.5, 0.6) is 0 Å². The predicted molar refractivity (Wildman–Crippen MR) is 76.3 cm³/mol. The first-order chi connectivity index (χ1) is 9.69. The van der Waals surface area contributed by atoms with E-state index in [0.717, 1.165) is 32.5 Å². The van der Waals surface area contributed by atoms with Gasteiger partial charge < -0.3 is 15.6 Å². The molecule has 1 heterocycles. The molecule has 0 aliphatic carbocycles. The molecule has 3 N–H and O–H groups in total. The smallest absolute Gasteiger partial charge is 0.248 e. The second kappa shape index (κ2) is 7.38. The van der Waals surface area contributed by atoms with Gasteiger partial charge in [-0.2, -0.15) is 0 Å². The van der Waals surface area contributed by atoms with E-state index in [4.69, 9.17) is 15.6 Å². The van der Waals surface area contributed by atoms with Crippen LogP contribution in [0.4, 0.5) is 0 Å². The Kier molecular flexibility index (Phi) is 5.52. The summed E-state index contributed by atoms with van der Waals surface area (Å²) in [6.07, 6.45) is 2.27. The van der Waals surface area contributed by atoms with E-state index >= 15 is 0 Å². The highest BCUT2D eigenvalue weighted by molar-refractivity contribution is 5.92. The van der Waals surface area contributed by atoms with E-state index in [1.807, 2.05) is 12.1 Å². The number of nitrogens with two attached hydrogens (primary N) is 1. The number of aliphatic hydroxyl groups is 1. The summed E-state index contributed by atoms with van der Waals surface area (Å²) < 4.78 is 5.54. The average molecular weight is 278 g/mol. The van der Waals surface area contributed by atoms with Gasteiger partial charge >= 0.3 is 0 Å². The lowest BCUT2D eigenvalue weighted by atomic mass is 10.1. The molecule has 1 saturated heterocycles. The molecular formula is C15H22N2O3. The van der Waals surface area contributed by atoms with Gasteiger partial charge in [0.15, 0.2) is 0 Å². The van der Waals surface area contributed by atoms with Crippen molar-refractivity contribution in [3.63, 3.8) is 0 Å². The fraction of sp³-hybridized carbons (Fsp3) is 0.533. The molecule has 5 nitrogen and oxygen atoms in total. The van der Waals surface area contributed by atoms with Gasteiger partial charge in [0.05, 0.1) is 19.3 Å². The summed E-state index contributed by atoms with van der Waals surface area (Å²) in [6.45, 7) is 3.39. The fourth-order valence-corrected chi connectivity index (χ4v) is 2.49. The molecule has 1 fully saturated rings. The lowest BCUT2D eigenvalue weighted by molar-refractivity contribution is -0.00901. The molecule has 20 heavy (non-hydrogen) atoms. The number of ether oxygens (including phenoxy) is 1. The number of nitrogens with zero attached hydrogens (tertiary/aromatic N) is 1. The Morgan fingerprint density at radius 1 is 1.30 bits per heavy atom. The Balaban J connectivity index is 1.79. The van der Waals surface area contributed by atoms with Crippen molar-refractivity contribution in [3.05, 3.63) is 35.4 Å². The number of piperidine rings is 1. The van der Waals surface area contributed by atoms with Gasteiger partial charge in [-0.15, -0.1) is 0 Å². The normalized spacial score (nSPS) is 17.2. The Bertz CT molecular complexity index is 425. The third-order valence-electron chi connectivity index (χ3n) is 3.62. The van der Waals surface area contributed by atoms with Gasteiger partial charge in [0.25, 0.3) is 0 Å². The first kappa shape index (κ1) is 15.0. The molecule has 0 saturated carbocycles. The first-order valence-corrected chi connectivity index (χ1v) is 7.02. The largest absolute Gasteiger partial charge is 0.394 e. The summed E-state index contributed by atoms with van der Waals surface area (Å²) >= 11 is 0. The number of aliphatic hydroxyl groups excluding tert-OH is 1. The van der Waals surface area contributed by atoms with E-state index in [-0.39, 0.29) is 12.7 Å². The summed E-state index contributed by atoms with van der Waals surface area (Å²) in [5, 5.41) is 8.74. The van der Waals surface area contributed by atoms with E-state index in [0.29, 0.717) is 12.2 Å². The number of amides is 1. The van der Waals surface area contributed by atoms with Crippen LogP contribution >= 0.6 is 0 Å². The number of hydrogen-bond donors (Lipinski definition) is 2. The van der Waals surface area contributed by atoms with Crippen LogP contribution in [0.2, 0.25) is 0 Å². The van der Waals surface area contributed by atoms with Crippen molar-refractivity contribution >= 4 is 5.91 Å². The van der Waals surface area contributed by atoms with Gasteiger partial charge in [-0.3, -0.25) is 9.69 Å². The molecule has 0 spiro atoms. The van der Waals surface area contributed by atoms with Crippen LogP contribution in [0.25, 0.3) is 0 Å². The maximum Gasteiger partial charge on any atom is 0.248 e. The van der Waals surface area contributed by atoms with Crippen LogP contribution in [0.15, 0.2) is 24.3 Å². The van der Waals surface area contributed by atoms with Crippen molar-refractivity contribution in [2.45, 2.75) is 25.5 Å². The third kappa shape index (κ3) is 4.30. The number of rotatable bonds is 6. The Labute approximate surface area is 119 Å². The van der Waals surface area contributed by atoms with E-state index in [1.54, 1.807) is 12.1 Å². The zero-order valence-corrected chi connectivity index (χ0v) is 11.6. The number of carbonyl (C=O) groups excluding carboxylic acids is 1. The molecule has 1 aromatic rings. The fourth-order valence-electron chi connectivity index (χ4n) is 2.49. The maximum absolute atomic E-state index is 11.0. The number of likely N-dealkylation sites (tertiary alicyclic amines) is 1. The molecule has 0 bridgehead atoms. The highest BCUT2D eigenvalue weighted by Crippen LogP contribution is 2.16. The number of carbonyl (C=O) groups is 1. The number of benzene rings is 1. The van der Waals surface area contributed by atoms with Gasteiger partial charge in [-0.05, 0) is 30.5 Å². The van der Waals surface area contributed by atoms with E-state index in [2.05, 4.69) is 4.90 Å². The topological polar surface area (TPSA) is 75.8 Å². The van der Waals surface area contributed by atoms with Crippen LogP contribution in [-0.4, -0.2) is 48.3 Å². The zero-order valence-electron chi connectivity index (χ0n) is 11.6. The van der Waals surface area contributed by atoms with Crippen molar-refractivity contribution in [3.8, 4) is 0 Å². The Hall–Kier alpha value is -1.43. The van der Waals surface area contributed by atoms with Crippen molar-refractivity contribution in [1.82, 2.24) is 4.90 Å². The molecule has 0 radical (unpaired) electrons. The van der Waals surface area contributed by atoms with E-state index in [1.165, 1.54) is 5.56 Å². The van der Waals surface area contributed by atoms with Crippen molar-refractivity contribution < 1.29 is 14.6 Å². The second-order valence-corrected chi connectivity index (χ2v) is 5.13. The average Bonchev–Trinajstić information content (AvgIpc) is 2.47. The second-order valence-electron chi connectivity index (χ2n) is 5.13. The minimum atomic E-state index is -0.390. The van der Waals surface area contributed by atoms with Crippen LogP contribution in [-0.2, 0) is 11.3 Å². The summed E-state index contributed by atoms with van der Waals surface area (Å²) in [5.74, 6) is -0.390. The molecule has 1 aliphatic rings. The zero-order chi connectivity index (χ0) is 14.4. The van der Waals surface area contributed by atoms with Crippen LogP contribution in [0, 0.1) is 0 Å². The van der Waals surface area contributed by atoms with Crippen molar-refractivity contribution in [2.24, 2.45) is 5.73 Å². The van der Waals surface area contributed by atoms with Gasteiger partial charge in [-0.1, -0.05) is 12.1 Å². The molecule has 2 rings (SSSR count). The standard InChI is InChI=1S/C15H22N2O3/c16-15(19)13-3-1-12(2-4-13)11-17-7-5-14(6-8-17)20-10-9-18/h1-4,14,18H,5-11H2,(H2,16,19). The molecule has 5 heteroatoms. The van der Waals surface area contributed by atoms with Gasteiger partial charge in [-0.25, -0.2) is 0 Å². The Morgan fingerprint density at radius 2 is 1.95 bits per heavy atom. The number of primary amides is 1. The minimum absolute atomic E-state index is 0.0897. The summed E-state index contributed by atoms with van der Waals surface area (Å²) in [4.78, 5) is 13.4. The number of hydrogen-bond acceptors (Lipinski definition) is 4. The van der Waals surface area contributed by atoms with Crippen LogP contribution in [0.1, 0.15) is 28.8 Å². The van der Waals surface area contributed by atoms with Crippen LogP contribution in [0.3, 0.4) is 0 Å². The molecule has 0 atom stereocenters. The highest BCUT2D eigenvalue weighted by Gasteiger charge is 2.19. The monoisotopic (exact) mass is 278 g/mol. The third-order valence-corrected chi connectivity index (χ3v) is 3.62. The van der Waals surface area contributed by atoms with E-state index in [9.17, 15) is 4.79 Å². The summed E-state index contributed by atoms with van der Waals surface area (Å²) in [6, 6.07) is 7.45. The molecule has 0 unspecified atom stereocenters. The molecule has 1 aliphatic heterocycles. The quantitative estimate of drug-likeness (QED) is 0.805. The van der Waals surface area contributed by atoms with Crippen molar-refractivity contribution in [1.29, 1.82) is 0 Å². The summed E-state index contributed by atoms with van der Waals surface area (Å²) in [5.41, 5.74) is 6.95. The van der Waals surface area contributed by atoms with E-state index < -0.39 is 5.91 Å². The lowest BCUT2D eigenvalue weighted by Crippen LogP contribution is -2.36. The van der Waals surface area contributed by atoms with Gasteiger partial charge in [0.1, 0.15) is 0 Å². The minimum Gasteiger partial charge on any atom is -0.394 e. The maximum atomic E-state index is 11.0. The predicted octanol–water partition coefficient (Wildman–Crippen LogP) is 0.759. The molecule has 1 aromatic carbocycles. The molecule has 1 amide bonds. The van der Waals surface area contributed by atoms with Gasteiger partial charge in [0, 0.05) is 25.2 Å². The first-order valence-electron chi connectivity index (χ1n) is 7.02. The molecular weight excluding hydrogens is 256 g/mol. The SMILES string of the molecule is NC(=O)c1ccc(CN2CCC(OCCO)CC2)cc1. The van der Waals surface area contributed by atoms with Crippen LogP contribution < -0.4 is 5.73 Å².